The van der Waals surface area contributed by atoms with Crippen molar-refractivity contribution in [3.05, 3.63) is 95.0 Å². The van der Waals surface area contributed by atoms with Crippen molar-refractivity contribution in [2.75, 3.05) is 13.1 Å². The molecule has 2 amide bonds. The molecule has 0 aliphatic carbocycles. The van der Waals surface area contributed by atoms with Crippen molar-refractivity contribution in [2.45, 2.75) is 19.4 Å². The van der Waals surface area contributed by atoms with E-state index in [1.165, 1.54) is 0 Å². The van der Waals surface area contributed by atoms with Gasteiger partial charge in [-0.3, -0.25) is 9.59 Å². The highest BCUT2D eigenvalue weighted by Gasteiger charge is 2.27. The Morgan fingerprint density at radius 2 is 1.45 bits per heavy atom. The maximum atomic E-state index is 12.9. The molecule has 3 aromatic rings. The van der Waals surface area contributed by atoms with Crippen molar-refractivity contribution in [3.8, 4) is 11.1 Å². The fraction of sp³-hybridized carbons (Fsp3) is 0.231. The molecule has 1 aliphatic heterocycles. The number of nitrogens with zero attached hydrogens (tertiary/aromatic N) is 1. The van der Waals surface area contributed by atoms with Gasteiger partial charge in [-0.05, 0) is 47.7 Å². The molecule has 5 heteroatoms. The van der Waals surface area contributed by atoms with E-state index in [0.29, 0.717) is 43.1 Å². The summed E-state index contributed by atoms with van der Waals surface area (Å²) in [6.45, 7) is 1.60. The van der Waals surface area contributed by atoms with E-state index in [2.05, 4.69) is 17.4 Å². The molecule has 0 saturated carbocycles. The van der Waals surface area contributed by atoms with Gasteiger partial charge in [-0.2, -0.15) is 0 Å². The second-order valence-corrected chi connectivity index (χ2v) is 8.23. The van der Waals surface area contributed by atoms with Gasteiger partial charge in [0, 0.05) is 36.1 Å². The Morgan fingerprint density at radius 1 is 0.839 bits per heavy atom. The number of nitrogens with one attached hydrogen (secondary N) is 1. The minimum atomic E-state index is -0.0769. The zero-order chi connectivity index (χ0) is 21.6. The van der Waals surface area contributed by atoms with Gasteiger partial charge < -0.3 is 10.2 Å². The van der Waals surface area contributed by atoms with Gasteiger partial charge in [0.25, 0.3) is 5.91 Å². The molecule has 0 unspecified atom stereocenters. The van der Waals surface area contributed by atoms with Crippen LogP contribution < -0.4 is 5.32 Å². The lowest BCUT2D eigenvalue weighted by Gasteiger charge is -2.31. The average Bonchev–Trinajstić information content (AvgIpc) is 2.84. The maximum Gasteiger partial charge on any atom is 0.253 e. The minimum Gasteiger partial charge on any atom is -0.352 e. The molecular weight excluding hydrogens is 408 g/mol. The molecule has 1 heterocycles. The molecule has 0 radical (unpaired) electrons. The smallest absolute Gasteiger partial charge is 0.253 e. The van der Waals surface area contributed by atoms with Crippen molar-refractivity contribution < 1.29 is 9.59 Å². The molecule has 31 heavy (non-hydrogen) atoms. The van der Waals surface area contributed by atoms with Gasteiger partial charge in [0.1, 0.15) is 0 Å². The summed E-state index contributed by atoms with van der Waals surface area (Å²) in [7, 11) is 0. The SMILES string of the molecule is O=C(NCc1ccccc1Cl)C1CCN(C(=O)c2ccc(-c3ccccc3)cc2)CC1. The van der Waals surface area contributed by atoms with Gasteiger partial charge in [-0.15, -0.1) is 0 Å². The van der Waals surface area contributed by atoms with Crippen LogP contribution in [0.2, 0.25) is 5.02 Å². The Morgan fingerprint density at radius 3 is 2.13 bits per heavy atom. The summed E-state index contributed by atoms with van der Waals surface area (Å²) in [5.41, 5.74) is 3.81. The van der Waals surface area contributed by atoms with E-state index in [1.54, 1.807) is 0 Å². The number of piperidine rings is 1. The van der Waals surface area contributed by atoms with Crippen molar-refractivity contribution >= 4 is 23.4 Å². The maximum absolute atomic E-state index is 12.9. The van der Waals surface area contributed by atoms with E-state index >= 15 is 0 Å². The number of benzene rings is 3. The minimum absolute atomic E-state index is 0.0227. The lowest BCUT2D eigenvalue weighted by atomic mass is 9.95. The van der Waals surface area contributed by atoms with Crippen LogP contribution in [0.1, 0.15) is 28.8 Å². The molecule has 0 atom stereocenters. The van der Waals surface area contributed by atoms with Gasteiger partial charge in [0.05, 0.1) is 0 Å². The van der Waals surface area contributed by atoms with E-state index in [0.717, 1.165) is 16.7 Å². The predicted molar refractivity (Wildman–Crippen MR) is 124 cm³/mol. The average molecular weight is 433 g/mol. The van der Waals surface area contributed by atoms with Crippen molar-refractivity contribution in [1.82, 2.24) is 10.2 Å². The number of amides is 2. The van der Waals surface area contributed by atoms with Crippen LogP contribution >= 0.6 is 11.6 Å². The summed E-state index contributed by atoms with van der Waals surface area (Å²) in [4.78, 5) is 27.3. The Labute approximate surface area is 187 Å². The topological polar surface area (TPSA) is 49.4 Å². The van der Waals surface area contributed by atoms with E-state index in [9.17, 15) is 9.59 Å². The molecule has 1 saturated heterocycles. The van der Waals surface area contributed by atoms with Crippen LogP contribution in [0.5, 0.6) is 0 Å². The van der Waals surface area contributed by atoms with E-state index in [1.807, 2.05) is 71.6 Å². The molecule has 3 aromatic carbocycles. The monoisotopic (exact) mass is 432 g/mol. The van der Waals surface area contributed by atoms with Gasteiger partial charge >= 0.3 is 0 Å². The highest BCUT2D eigenvalue weighted by molar-refractivity contribution is 6.31. The third kappa shape index (κ3) is 5.15. The summed E-state index contributed by atoms with van der Waals surface area (Å²) in [5.74, 6) is -0.0271. The van der Waals surface area contributed by atoms with Gasteiger partial charge in [-0.25, -0.2) is 0 Å². The normalized spacial score (nSPS) is 14.3. The first-order valence-corrected chi connectivity index (χ1v) is 11.0. The molecule has 0 aromatic heterocycles. The molecule has 1 N–H and O–H groups in total. The zero-order valence-corrected chi connectivity index (χ0v) is 18.0. The first-order chi connectivity index (χ1) is 15.1. The summed E-state index contributed by atoms with van der Waals surface area (Å²) in [5, 5.41) is 3.63. The molecule has 1 aliphatic rings. The Balaban J connectivity index is 1.29. The number of hydrogen-bond acceptors (Lipinski definition) is 2. The van der Waals surface area contributed by atoms with Gasteiger partial charge in [0.15, 0.2) is 0 Å². The molecule has 4 nitrogen and oxygen atoms in total. The number of rotatable bonds is 5. The van der Waals surface area contributed by atoms with Crippen molar-refractivity contribution in [2.24, 2.45) is 5.92 Å². The summed E-state index contributed by atoms with van der Waals surface area (Å²) in [6, 6.07) is 25.3. The van der Waals surface area contributed by atoms with Crippen LogP contribution in [-0.2, 0) is 11.3 Å². The summed E-state index contributed by atoms with van der Waals surface area (Å²) >= 11 is 6.15. The number of hydrogen-bond donors (Lipinski definition) is 1. The third-order valence-corrected chi connectivity index (χ3v) is 6.17. The first-order valence-electron chi connectivity index (χ1n) is 10.6. The quantitative estimate of drug-likeness (QED) is 0.604. The number of likely N-dealkylation sites (tertiary alicyclic amines) is 1. The molecule has 1 fully saturated rings. The largest absolute Gasteiger partial charge is 0.352 e. The highest BCUT2D eigenvalue weighted by atomic mass is 35.5. The second kappa shape index (κ2) is 9.80. The highest BCUT2D eigenvalue weighted by Crippen LogP contribution is 2.23. The number of halogens is 1. The van der Waals surface area contributed by atoms with Gasteiger partial charge in [-0.1, -0.05) is 72.3 Å². The van der Waals surface area contributed by atoms with Crippen LogP contribution in [0.15, 0.2) is 78.9 Å². The molecule has 4 rings (SSSR count). The molecule has 158 valence electrons. The molecule has 0 spiro atoms. The third-order valence-electron chi connectivity index (χ3n) is 5.80. The number of carbonyl (C=O) groups is 2. The molecular formula is C26H25ClN2O2. The van der Waals surface area contributed by atoms with E-state index in [4.69, 9.17) is 11.6 Å². The summed E-state index contributed by atoms with van der Waals surface area (Å²) in [6.07, 6.45) is 1.34. The summed E-state index contributed by atoms with van der Waals surface area (Å²) < 4.78 is 0. The lowest BCUT2D eigenvalue weighted by Crippen LogP contribution is -2.42. The molecule has 0 bridgehead atoms. The van der Waals surface area contributed by atoms with Crippen LogP contribution in [0.4, 0.5) is 0 Å². The fourth-order valence-corrected chi connectivity index (χ4v) is 4.13. The second-order valence-electron chi connectivity index (χ2n) is 7.82. The van der Waals surface area contributed by atoms with Crippen LogP contribution in [0, 0.1) is 5.92 Å². The Hall–Kier alpha value is -3.11. The Kier molecular flexibility index (Phi) is 6.68. The standard InChI is InChI=1S/C26H25ClN2O2/c27-24-9-5-4-8-23(24)18-28-25(30)21-14-16-29(17-15-21)26(31)22-12-10-20(11-13-22)19-6-2-1-3-7-19/h1-13,21H,14-18H2,(H,28,30). The zero-order valence-electron chi connectivity index (χ0n) is 17.3. The van der Waals surface area contributed by atoms with E-state index < -0.39 is 0 Å². The van der Waals surface area contributed by atoms with Crippen LogP contribution in [0.25, 0.3) is 11.1 Å². The van der Waals surface area contributed by atoms with Crippen LogP contribution in [0.3, 0.4) is 0 Å². The van der Waals surface area contributed by atoms with Crippen molar-refractivity contribution in [1.29, 1.82) is 0 Å². The lowest BCUT2D eigenvalue weighted by molar-refractivity contribution is -0.126. The Bertz CT molecular complexity index is 1040. The predicted octanol–water partition coefficient (Wildman–Crippen LogP) is 5.18. The van der Waals surface area contributed by atoms with Gasteiger partial charge in [0.2, 0.25) is 5.91 Å². The van der Waals surface area contributed by atoms with E-state index in [-0.39, 0.29) is 17.7 Å². The fourth-order valence-electron chi connectivity index (χ4n) is 3.93. The van der Waals surface area contributed by atoms with Crippen molar-refractivity contribution in [3.63, 3.8) is 0 Å². The number of carbonyl (C=O) groups excluding carboxylic acids is 2. The van der Waals surface area contributed by atoms with Crippen LogP contribution in [-0.4, -0.2) is 29.8 Å². The first kappa shape index (κ1) is 21.1.